The molecule has 4 nitrogen and oxygen atoms in total. The number of nitrogens with one attached hydrogen (secondary N) is 1. The van der Waals surface area contributed by atoms with Crippen molar-refractivity contribution in [1.82, 2.24) is 5.32 Å². The quantitative estimate of drug-likeness (QED) is 0.807. The average Bonchev–Trinajstić information content (AvgIpc) is 2.43. The molecule has 1 rings (SSSR count). The Morgan fingerprint density at radius 3 is 2.40 bits per heavy atom. The van der Waals surface area contributed by atoms with Crippen molar-refractivity contribution >= 4 is 0 Å². The predicted molar refractivity (Wildman–Crippen MR) is 81.4 cm³/mol. The largest absolute Gasteiger partial charge is 0.493 e. The van der Waals surface area contributed by atoms with Gasteiger partial charge in [0.2, 0.25) is 0 Å². The highest BCUT2D eigenvalue weighted by Gasteiger charge is 2.26. The number of ether oxygens (including phenoxy) is 2. The molecule has 1 aromatic rings. The smallest absolute Gasteiger partial charge is 0.161 e. The number of methoxy groups -OCH3 is 1. The van der Waals surface area contributed by atoms with Crippen LogP contribution >= 0.6 is 0 Å². The van der Waals surface area contributed by atoms with Crippen LogP contribution in [0.2, 0.25) is 0 Å². The lowest BCUT2D eigenvalue weighted by atomic mass is 9.94. The van der Waals surface area contributed by atoms with Gasteiger partial charge in [-0.15, -0.1) is 0 Å². The molecule has 4 heteroatoms. The first-order valence-electron chi connectivity index (χ1n) is 7.02. The zero-order valence-electron chi connectivity index (χ0n) is 13.4. The Kier molecular flexibility index (Phi) is 5.84. The molecule has 0 aliphatic carbocycles. The van der Waals surface area contributed by atoms with Gasteiger partial charge in [-0.05, 0) is 44.5 Å². The van der Waals surface area contributed by atoms with E-state index in [1.807, 2.05) is 39.1 Å². The van der Waals surface area contributed by atoms with Crippen LogP contribution in [0.1, 0.15) is 39.3 Å². The second-order valence-electron chi connectivity index (χ2n) is 5.72. The molecule has 2 unspecified atom stereocenters. The van der Waals surface area contributed by atoms with Crippen LogP contribution in [0.4, 0.5) is 0 Å². The zero-order chi connectivity index (χ0) is 15.3. The zero-order valence-corrected chi connectivity index (χ0v) is 13.4. The number of benzene rings is 1. The van der Waals surface area contributed by atoms with Crippen molar-refractivity contribution in [1.29, 1.82) is 0 Å². The van der Waals surface area contributed by atoms with Gasteiger partial charge in [-0.1, -0.05) is 19.9 Å². The van der Waals surface area contributed by atoms with E-state index >= 15 is 0 Å². The minimum Gasteiger partial charge on any atom is -0.493 e. The monoisotopic (exact) mass is 281 g/mol. The average molecular weight is 281 g/mol. The van der Waals surface area contributed by atoms with Crippen molar-refractivity contribution in [2.75, 3.05) is 20.8 Å². The number of hydrogen-bond donors (Lipinski definition) is 2. The highest BCUT2D eigenvalue weighted by atomic mass is 16.5. The van der Waals surface area contributed by atoms with E-state index in [0.29, 0.717) is 11.5 Å². The van der Waals surface area contributed by atoms with E-state index in [9.17, 15) is 5.11 Å². The standard InChI is InChI=1S/C16H27NO3/c1-11(2)16(4,18)10-20-14-8-7-13(12(3)17-5)9-15(14)19-6/h7-9,11-12,17-18H,10H2,1-6H3. The van der Waals surface area contributed by atoms with E-state index in [1.165, 1.54) is 0 Å². The van der Waals surface area contributed by atoms with Gasteiger partial charge in [0.1, 0.15) is 6.61 Å². The molecule has 20 heavy (non-hydrogen) atoms. The molecule has 1 aromatic carbocycles. The molecule has 0 saturated carbocycles. The van der Waals surface area contributed by atoms with E-state index in [4.69, 9.17) is 9.47 Å². The Balaban J connectivity index is 2.86. The molecule has 114 valence electrons. The van der Waals surface area contributed by atoms with Gasteiger partial charge in [0.05, 0.1) is 12.7 Å². The molecule has 0 heterocycles. The number of hydrogen-bond acceptors (Lipinski definition) is 4. The molecule has 0 aromatic heterocycles. The summed E-state index contributed by atoms with van der Waals surface area (Å²) in [7, 11) is 3.54. The summed E-state index contributed by atoms with van der Waals surface area (Å²) in [6, 6.07) is 6.10. The van der Waals surface area contributed by atoms with E-state index in [2.05, 4.69) is 12.2 Å². The fraction of sp³-hybridized carbons (Fsp3) is 0.625. The Morgan fingerprint density at radius 1 is 1.25 bits per heavy atom. The second kappa shape index (κ2) is 6.95. The van der Waals surface area contributed by atoms with Gasteiger partial charge in [0.15, 0.2) is 11.5 Å². The molecule has 0 amide bonds. The Labute approximate surface area is 122 Å². The summed E-state index contributed by atoms with van der Waals surface area (Å²) in [5.41, 5.74) is 0.273. The SMILES string of the molecule is CNC(C)c1ccc(OCC(C)(O)C(C)C)c(OC)c1. The lowest BCUT2D eigenvalue weighted by molar-refractivity contribution is -0.0271. The van der Waals surface area contributed by atoms with Crippen LogP contribution in [0, 0.1) is 5.92 Å². The fourth-order valence-electron chi connectivity index (χ4n) is 1.63. The van der Waals surface area contributed by atoms with Gasteiger partial charge in [0, 0.05) is 6.04 Å². The van der Waals surface area contributed by atoms with E-state index < -0.39 is 5.60 Å². The molecule has 0 radical (unpaired) electrons. The Hall–Kier alpha value is -1.26. The topological polar surface area (TPSA) is 50.7 Å². The molecular formula is C16H27NO3. The van der Waals surface area contributed by atoms with Gasteiger partial charge >= 0.3 is 0 Å². The molecule has 0 saturated heterocycles. The summed E-state index contributed by atoms with van der Waals surface area (Å²) in [5.74, 6) is 1.46. The van der Waals surface area contributed by atoms with Crippen molar-refractivity contribution in [3.8, 4) is 11.5 Å². The molecule has 2 atom stereocenters. The van der Waals surface area contributed by atoms with Crippen LogP contribution in [0.15, 0.2) is 18.2 Å². The molecule has 0 aliphatic heterocycles. The van der Waals surface area contributed by atoms with Crippen molar-refractivity contribution in [3.63, 3.8) is 0 Å². The van der Waals surface area contributed by atoms with Crippen molar-refractivity contribution < 1.29 is 14.6 Å². The summed E-state index contributed by atoms with van der Waals surface area (Å²) in [6.45, 7) is 8.04. The minimum atomic E-state index is -0.859. The maximum absolute atomic E-state index is 10.2. The van der Waals surface area contributed by atoms with Gasteiger partial charge < -0.3 is 19.9 Å². The number of aliphatic hydroxyl groups is 1. The first-order valence-corrected chi connectivity index (χ1v) is 7.02. The summed E-state index contributed by atoms with van der Waals surface area (Å²) < 4.78 is 11.1. The third kappa shape index (κ3) is 4.12. The van der Waals surface area contributed by atoms with Crippen LogP contribution in [0.25, 0.3) is 0 Å². The third-order valence-electron chi connectivity index (χ3n) is 3.88. The summed E-state index contributed by atoms with van der Waals surface area (Å²) in [4.78, 5) is 0. The highest BCUT2D eigenvalue weighted by Crippen LogP contribution is 2.31. The lowest BCUT2D eigenvalue weighted by Gasteiger charge is -2.28. The van der Waals surface area contributed by atoms with Gasteiger partial charge in [-0.25, -0.2) is 0 Å². The normalized spacial score (nSPS) is 15.8. The fourth-order valence-corrected chi connectivity index (χ4v) is 1.63. The van der Waals surface area contributed by atoms with Crippen LogP contribution in [-0.4, -0.2) is 31.5 Å². The van der Waals surface area contributed by atoms with Crippen molar-refractivity contribution in [3.05, 3.63) is 23.8 Å². The maximum atomic E-state index is 10.2. The Bertz CT molecular complexity index is 430. The molecule has 2 N–H and O–H groups in total. The molecule has 0 fully saturated rings. The van der Waals surface area contributed by atoms with Crippen LogP contribution < -0.4 is 14.8 Å². The van der Waals surface area contributed by atoms with Crippen molar-refractivity contribution in [2.24, 2.45) is 5.92 Å². The first-order chi connectivity index (χ1) is 9.31. The summed E-state index contributed by atoms with van der Waals surface area (Å²) >= 11 is 0. The molecule has 0 spiro atoms. The van der Waals surface area contributed by atoms with Crippen LogP contribution in [-0.2, 0) is 0 Å². The van der Waals surface area contributed by atoms with Crippen LogP contribution in [0.3, 0.4) is 0 Å². The van der Waals surface area contributed by atoms with E-state index in [1.54, 1.807) is 14.0 Å². The van der Waals surface area contributed by atoms with Gasteiger partial charge in [0.25, 0.3) is 0 Å². The second-order valence-corrected chi connectivity index (χ2v) is 5.72. The maximum Gasteiger partial charge on any atom is 0.161 e. The molecular weight excluding hydrogens is 254 g/mol. The lowest BCUT2D eigenvalue weighted by Crippen LogP contribution is -2.37. The molecule has 0 bridgehead atoms. The van der Waals surface area contributed by atoms with E-state index in [-0.39, 0.29) is 18.6 Å². The first kappa shape index (κ1) is 16.8. The minimum absolute atomic E-state index is 0.122. The number of rotatable bonds is 7. The highest BCUT2D eigenvalue weighted by molar-refractivity contribution is 5.43. The summed E-state index contributed by atoms with van der Waals surface area (Å²) in [6.07, 6.45) is 0. The van der Waals surface area contributed by atoms with Crippen LogP contribution in [0.5, 0.6) is 11.5 Å². The summed E-state index contributed by atoms with van der Waals surface area (Å²) in [5, 5.41) is 13.4. The van der Waals surface area contributed by atoms with E-state index in [0.717, 1.165) is 5.56 Å². The van der Waals surface area contributed by atoms with Gasteiger partial charge in [-0.3, -0.25) is 0 Å². The van der Waals surface area contributed by atoms with Gasteiger partial charge in [-0.2, -0.15) is 0 Å². The van der Waals surface area contributed by atoms with Crippen molar-refractivity contribution in [2.45, 2.75) is 39.3 Å². The third-order valence-corrected chi connectivity index (χ3v) is 3.88. The molecule has 0 aliphatic rings. The Morgan fingerprint density at radius 2 is 1.90 bits per heavy atom. The predicted octanol–water partition coefficient (Wildman–Crippen LogP) is 2.76.